The van der Waals surface area contributed by atoms with Crippen molar-refractivity contribution in [2.75, 3.05) is 20.3 Å². The molecule has 40 heavy (non-hydrogen) atoms. The molecule has 0 unspecified atom stereocenters. The molecule has 1 atom stereocenters. The maximum absolute atomic E-state index is 13.9. The third-order valence-corrected chi connectivity index (χ3v) is 7.55. The van der Waals surface area contributed by atoms with Gasteiger partial charge < -0.3 is 18.9 Å². The zero-order chi connectivity index (χ0) is 29.0. The second-order valence-electron chi connectivity index (χ2n) is 9.17. The van der Waals surface area contributed by atoms with Crippen LogP contribution >= 0.6 is 27.3 Å². The zero-order valence-electron chi connectivity index (χ0n) is 23.0. The van der Waals surface area contributed by atoms with Crippen LogP contribution in [0.5, 0.6) is 17.2 Å². The summed E-state index contributed by atoms with van der Waals surface area (Å²) in [5.74, 6) is 1.25. The van der Waals surface area contributed by atoms with E-state index in [4.69, 9.17) is 18.9 Å². The van der Waals surface area contributed by atoms with Crippen LogP contribution in [0.3, 0.4) is 0 Å². The van der Waals surface area contributed by atoms with Gasteiger partial charge in [0.15, 0.2) is 16.3 Å². The van der Waals surface area contributed by atoms with Crippen LogP contribution in [0.25, 0.3) is 6.08 Å². The Morgan fingerprint density at radius 3 is 2.60 bits per heavy atom. The highest BCUT2D eigenvalue weighted by Crippen LogP contribution is 2.37. The Hall–Kier alpha value is -3.63. The van der Waals surface area contributed by atoms with Gasteiger partial charge in [-0.15, -0.1) is 0 Å². The summed E-state index contributed by atoms with van der Waals surface area (Å²) in [4.78, 5) is 32.1. The van der Waals surface area contributed by atoms with Crippen molar-refractivity contribution in [2.24, 2.45) is 4.99 Å². The maximum Gasteiger partial charge on any atom is 0.338 e. The smallest absolute Gasteiger partial charge is 0.338 e. The lowest BCUT2D eigenvalue weighted by atomic mass is 9.96. The highest BCUT2D eigenvalue weighted by atomic mass is 79.9. The van der Waals surface area contributed by atoms with Crippen LogP contribution in [0.1, 0.15) is 44.9 Å². The number of aromatic nitrogens is 1. The van der Waals surface area contributed by atoms with Gasteiger partial charge in [0.1, 0.15) is 12.4 Å². The summed E-state index contributed by atoms with van der Waals surface area (Å²) in [7, 11) is 1.55. The number of methoxy groups -OCH3 is 1. The van der Waals surface area contributed by atoms with Crippen molar-refractivity contribution in [1.82, 2.24) is 4.57 Å². The molecular formula is C30H31BrN2O6S. The molecule has 1 aliphatic rings. The van der Waals surface area contributed by atoms with Gasteiger partial charge in [-0.1, -0.05) is 36.1 Å². The Morgan fingerprint density at radius 1 is 1.25 bits per heavy atom. The molecule has 0 amide bonds. The van der Waals surface area contributed by atoms with Gasteiger partial charge in [0.05, 0.1) is 46.1 Å². The van der Waals surface area contributed by atoms with Crippen molar-refractivity contribution in [1.29, 1.82) is 0 Å². The Balaban J connectivity index is 1.87. The monoisotopic (exact) mass is 626 g/mol. The molecule has 0 aliphatic carbocycles. The molecule has 4 rings (SSSR count). The minimum atomic E-state index is -0.707. The first-order valence-corrected chi connectivity index (χ1v) is 14.4. The second kappa shape index (κ2) is 12.7. The number of rotatable bonds is 10. The molecule has 2 heterocycles. The number of thiazole rings is 1. The number of halogens is 1. The van der Waals surface area contributed by atoms with Gasteiger partial charge in [0, 0.05) is 0 Å². The van der Waals surface area contributed by atoms with E-state index in [2.05, 4.69) is 27.5 Å². The molecule has 0 saturated carbocycles. The van der Waals surface area contributed by atoms with Crippen molar-refractivity contribution >= 4 is 39.3 Å². The highest BCUT2D eigenvalue weighted by molar-refractivity contribution is 9.10. The van der Waals surface area contributed by atoms with Crippen molar-refractivity contribution in [2.45, 2.75) is 39.8 Å². The van der Waals surface area contributed by atoms with Crippen LogP contribution < -0.4 is 29.1 Å². The van der Waals surface area contributed by atoms with Gasteiger partial charge in [-0.25, -0.2) is 9.79 Å². The van der Waals surface area contributed by atoms with E-state index in [1.165, 1.54) is 11.3 Å². The van der Waals surface area contributed by atoms with E-state index >= 15 is 0 Å². The van der Waals surface area contributed by atoms with E-state index in [1.54, 1.807) is 43.7 Å². The summed E-state index contributed by atoms with van der Waals surface area (Å²) in [5, 5.41) is 0. The van der Waals surface area contributed by atoms with Gasteiger partial charge in [-0.05, 0) is 85.1 Å². The average Bonchev–Trinajstić information content (AvgIpc) is 3.21. The fourth-order valence-corrected chi connectivity index (χ4v) is 5.99. The summed E-state index contributed by atoms with van der Waals surface area (Å²) in [6.07, 6.45) is 3.44. The number of ether oxygens (including phenoxy) is 4. The fraction of sp³-hybridized carbons (Fsp3) is 0.300. The molecule has 1 aliphatic heterocycles. The summed E-state index contributed by atoms with van der Waals surface area (Å²) >= 11 is 4.79. The van der Waals surface area contributed by atoms with Gasteiger partial charge in [0.25, 0.3) is 5.56 Å². The Labute approximate surface area is 245 Å². The third-order valence-electron chi connectivity index (χ3n) is 5.98. The number of nitrogens with zero attached hydrogens (tertiary/aromatic N) is 2. The summed E-state index contributed by atoms with van der Waals surface area (Å²) in [5.41, 5.74) is 2.04. The lowest BCUT2D eigenvalue weighted by molar-refractivity contribution is -0.139. The standard InChI is InChI=1S/C30H31BrN2O6S/c1-7-13-38-27-22(31)14-19(15-23(27)36-6)16-24-28(34)33-26(20-9-11-21(12-10-20)39-17(3)4)25(29(35)37-8-2)18(5)32-30(33)40-24/h7,9-12,14-17,26H,1,8,13H2,2-6H3/b24-16-/t26-/m0/s1. The van der Waals surface area contributed by atoms with Crippen molar-refractivity contribution in [3.63, 3.8) is 0 Å². The Bertz CT molecular complexity index is 1640. The van der Waals surface area contributed by atoms with Crippen LogP contribution in [0.4, 0.5) is 0 Å². The number of esters is 1. The van der Waals surface area contributed by atoms with Crippen LogP contribution in [0.2, 0.25) is 0 Å². The quantitative estimate of drug-likeness (QED) is 0.234. The molecule has 3 aromatic rings. The largest absolute Gasteiger partial charge is 0.493 e. The van der Waals surface area contributed by atoms with Crippen LogP contribution in [0.15, 0.2) is 74.6 Å². The van der Waals surface area contributed by atoms with Gasteiger partial charge >= 0.3 is 5.97 Å². The molecule has 0 saturated heterocycles. The van der Waals surface area contributed by atoms with Crippen molar-refractivity contribution in [3.05, 3.63) is 95.6 Å². The number of carbonyl (C=O) groups excluding carboxylic acids is 1. The van der Waals surface area contributed by atoms with E-state index in [0.29, 0.717) is 48.9 Å². The van der Waals surface area contributed by atoms with Crippen LogP contribution in [0, 0.1) is 0 Å². The fourth-order valence-electron chi connectivity index (χ4n) is 4.36. The maximum atomic E-state index is 13.9. The number of fused-ring (bicyclic) bond motifs is 1. The minimum Gasteiger partial charge on any atom is -0.493 e. The lowest BCUT2D eigenvalue weighted by Crippen LogP contribution is -2.39. The van der Waals surface area contributed by atoms with E-state index in [1.807, 2.05) is 44.2 Å². The third kappa shape index (κ3) is 6.08. The van der Waals surface area contributed by atoms with Crippen molar-refractivity contribution in [3.8, 4) is 17.2 Å². The number of hydrogen-bond donors (Lipinski definition) is 0. The normalized spacial score (nSPS) is 15.0. The minimum absolute atomic E-state index is 0.0158. The van der Waals surface area contributed by atoms with E-state index in [9.17, 15) is 9.59 Å². The summed E-state index contributed by atoms with van der Waals surface area (Å²) in [6, 6.07) is 10.3. The molecule has 2 aromatic carbocycles. The second-order valence-corrected chi connectivity index (χ2v) is 11.0. The molecule has 0 fully saturated rings. The molecule has 0 bridgehead atoms. The molecule has 8 nitrogen and oxygen atoms in total. The number of benzene rings is 2. The summed E-state index contributed by atoms with van der Waals surface area (Å²) < 4.78 is 25.1. The molecule has 0 radical (unpaired) electrons. The average molecular weight is 628 g/mol. The Kier molecular flexibility index (Phi) is 9.32. The molecule has 10 heteroatoms. The predicted octanol–water partition coefficient (Wildman–Crippen LogP) is 4.92. The van der Waals surface area contributed by atoms with E-state index in [-0.39, 0.29) is 18.3 Å². The molecule has 0 N–H and O–H groups in total. The first-order chi connectivity index (χ1) is 19.2. The highest BCUT2D eigenvalue weighted by Gasteiger charge is 2.33. The number of carbonyl (C=O) groups is 1. The zero-order valence-corrected chi connectivity index (χ0v) is 25.4. The number of hydrogen-bond acceptors (Lipinski definition) is 8. The van der Waals surface area contributed by atoms with Crippen LogP contribution in [-0.4, -0.2) is 37.0 Å². The first kappa shape index (κ1) is 29.4. The Morgan fingerprint density at radius 2 is 1.98 bits per heavy atom. The number of allylic oxidation sites excluding steroid dienone is 1. The molecular weight excluding hydrogens is 596 g/mol. The predicted molar refractivity (Wildman–Crippen MR) is 159 cm³/mol. The SMILES string of the molecule is C=CCOc1c(Br)cc(/C=c2\sc3n(c2=O)[C@@H](c2ccc(OC(C)C)cc2)C(C(=O)OCC)=C(C)N=3)cc1OC. The summed E-state index contributed by atoms with van der Waals surface area (Å²) in [6.45, 7) is 11.6. The van der Waals surface area contributed by atoms with Gasteiger partial charge in [0.2, 0.25) is 0 Å². The first-order valence-electron chi connectivity index (χ1n) is 12.8. The molecule has 0 spiro atoms. The van der Waals surface area contributed by atoms with Crippen molar-refractivity contribution < 1.29 is 23.7 Å². The van der Waals surface area contributed by atoms with E-state index < -0.39 is 12.0 Å². The van der Waals surface area contributed by atoms with Gasteiger partial charge in [-0.3, -0.25) is 9.36 Å². The molecule has 1 aromatic heterocycles. The topological polar surface area (TPSA) is 88.4 Å². The van der Waals surface area contributed by atoms with Crippen LogP contribution in [-0.2, 0) is 9.53 Å². The van der Waals surface area contributed by atoms with E-state index in [0.717, 1.165) is 11.1 Å². The lowest BCUT2D eigenvalue weighted by Gasteiger charge is -2.25. The molecule has 210 valence electrons. The van der Waals surface area contributed by atoms with Gasteiger partial charge in [-0.2, -0.15) is 0 Å².